The second-order valence-electron chi connectivity index (χ2n) is 6.37. The third-order valence-electron chi connectivity index (χ3n) is 3.56. The molecule has 1 aromatic heterocycles. The van der Waals surface area contributed by atoms with E-state index in [2.05, 4.69) is 10.3 Å². The molecule has 2 rings (SSSR count). The van der Waals surface area contributed by atoms with Crippen LogP contribution in [0.2, 0.25) is 0 Å². The summed E-state index contributed by atoms with van der Waals surface area (Å²) in [5.74, 6) is 0.422. The molecule has 1 atom stereocenters. The van der Waals surface area contributed by atoms with Gasteiger partial charge >= 0.3 is 5.97 Å². The fraction of sp³-hybridized carbons (Fsp3) is 0.562. The summed E-state index contributed by atoms with van der Waals surface area (Å²) in [5.41, 5.74) is 0.251. The minimum Gasteiger partial charge on any atom is -0.462 e. The van der Waals surface area contributed by atoms with Crippen molar-refractivity contribution in [3.8, 4) is 0 Å². The van der Waals surface area contributed by atoms with Crippen LogP contribution < -0.4 is 5.32 Å². The molecule has 0 bridgehead atoms. The zero-order valence-corrected chi connectivity index (χ0v) is 13.5. The van der Waals surface area contributed by atoms with Crippen molar-refractivity contribution >= 4 is 17.7 Å². The number of nitrogens with one attached hydrogen (secondary N) is 1. The Morgan fingerprint density at radius 3 is 2.68 bits per heavy atom. The number of carbonyl (C=O) groups excluding carboxylic acids is 2. The third-order valence-corrected chi connectivity index (χ3v) is 3.56. The van der Waals surface area contributed by atoms with E-state index in [1.165, 1.54) is 6.20 Å². The van der Waals surface area contributed by atoms with Gasteiger partial charge in [0.25, 0.3) is 0 Å². The van der Waals surface area contributed by atoms with Gasteiger partial charge in [-0.3, -0.25) is 4.79 Å². The molecule has 1 fully saturated rings. The summed E-state index contributed by atoms with van der Waals surface area (Å²) >= 11 is 0. The molecule has 1 aromatic rings. The number of aromatic nitrogens is 1. The molecule has 0 saturated carbocycles. The molecule has 0 spiro atoms. The van der Waals surface area contributed by atoms with Gasteiger partial charge in [-0.25, -0.2) is 9.78 Å². The maximum Gasteiger partial charge on any atom is 0.339 e. The van der Waals surface area contributed by atoms with Crippen molar-refractivity contribution in [2.75, 3.05) is 18.5 Å². The lowest BCUT2D eigenvalue weighted by Crippen LogP contribution is -2.43. The fourth-order valence-corrected chi connectivity index (χ4v) is 2.48. The van der Waals surface area contributed by atoms with E-state index in [1.54, 1.807) is 19.1 Å². The van der Waals surface area contributed by atoms with Crippen molar-refractivity contribution < 1.29 is 14.3 Å². The van der Waals surface area contributed by atoms with Crippen LogP contribution in [0.5, 0.6) is 0 Å². The van der Waals surface area contributed by atoms with Crippen molar-refractivity contribution in [3.63, 3.8) is 0 Å². The zero-order chi connectivity index (χ0) is 16.3. The summed E-state index contributed by atoms with van der Waals surface area (Å²) in [5, 5.41) is 3.25. The van der Waals surface area contributed by atoms with E-state index in [1.807, 2.05) is 25.7 Å². The van der Waals surface area contributed by atoms with Crippen LogP contribution in [0, 0.1) is 0 Å². The molecule has 1 saturated heterocycles. The Labute approximate surface area is 130 Å². The molecule has 6 nitrogen and oxygen atoms in total. The monoisotopic (exact) mass is 305 g/mol. The summed E-state index contributed by atoms with van der Waals surface area (Å²) in [6.07, 6.45) is 1.94. The number of anilines is 1. The quantitative estimate of drug-likeness (QED) is 0.862. The van der Waals surface area contributed by atoms with E-state index in [0.717, 1.165) is 0 Å². The first kappa shape index (κ1) is 16.3. The molecule has 1 unspecified atom stereocenters. The Bertz CT molecular complexity index is 549. The van der Waals surface area contributed by atoms with Crippen molar-refractivity contribution in [1.29, 1.82) is 0 Å². The first-order chi connectivity index (χ1) is 10.3. The summed E-state index contributed by atoms with van der Waals surface area (Å²) in [4.78, 5) is 29.7. The molecule has 2 heterocycles. The van der Waals surface area contributed by atoms with E-state index >= 15 is 0 Å². The highest BCUT2D eigenvalue weighted by Gasteiger charge is 2.36. The minimum absolute atomic E-state index is 0.0349. The van der Waals surface area contributed by atoms with E-state index in [9.17, 15) is 9.59 Å². The number of nitrogens with zero attached hydrogens (tertiary/aromatic N) is 2. The van der Waals surface area contributed by atoms with Crippen LogP contribution in [0.25, 0.3) is 0 Å². The van der Waals surface area contributed by atoms with Crippen LogP contribution in [0.3, 0.4) is 0 Å². The van der Waals surface area contributed by atoms with E-state index < -0.39 is 0 Å². The summed E-state index contributed by atoms with van der Waals surface area (Å²) in [6, 6.07) is 3.44. The van der Waals surface area contributed by atoms with E-state index in [4.69, 9.17) is 4.74 Å². The molecule has 6 heteroatoms. The molecule has 0 aliphatic carbocycles. The van der Waals surface area contributed by atoms with Crippen LogP contribution in [0.15, 0.2) is 18.3 Å². The van der Waals surface area contributed by atoms with E-state index in [-0.39, 0.29) is 23.5 Å². The fourth-order valence-electron chi connectivity index (χ4n) is 2.48. The number of likely N-dealkylation sites (tertiary alicyclic amines) is 1. The number of carbonyl (C=O) groups is 2. The van der Waals surface area contributed by atoms with Crippen molar-refractivity contribution in [2.24, 2.45) is 0 Å². The molecular weight excluding hydrogens is 282 g/mol. The number of hydrogen-bond acceptors (Lipinski definition) is 5. The van der Waals surface area contributed by atoms with Crippen LogP contribution in [0.4, 0.5) is 5.82 Å². The largest absolute Gasteiger partial charge is 0.462 e. The number of rotatable bonds is 4. The smallest absolute Gasteiger partial charge is 0.339 e. The van der Waals surface area contributed by atoms with Crippen LogP contribution in [-0.2, 0) is 9.53 Å². The zero-order valence-electron chi connectivity index (χ0n) is 13.5. The lowest BCUT2D eigenvalue weighted by molar-refractivity contribution is -0.131. The van der Waals surface area contributed by atoms with Gasteiger partial charge in [0, 0.05) is 24.7 Å². The van der Waals surface area contributed by atoms with Crippen molar-refractivity contribution in [2.45, 2.75) is 45.7 Å². The van der Waals surface area contributed by atoms with Crippen LogP contribution >= 0.6 is 0 Å². The normalized spacial score (nSPS) is 18.5. The lowest BCUT2D eigenvalue weighted by Gasteiger charge is -2.32. The minimum atomic E-state index is -0.378. The molecular formula is C16H23N3O3. The first-order valence-electron chi connectivity index (χ1n) is 7.51. The third kappa shape index (κ3) is 3.75. The Kier molecular flexibility index (Phi) is 4.68. The maximum absolute atomic E-state index is 12.0. The molecule has 0 radical (unpaired) electrons. The summed E-state index contributed by atoms with van der Waals surface area (Å²) in [6.45, 7) is 8.84. The van der Waals surface area contributed by atoms with Gasteiger partial charge in [0.1, 0.15) is 5.82 Å². The number of hydrogen-bond donors (Lipinski definition) is 1. The highest BCUT2D eigenvalue weighted by atomic mass is 16.5. The second-order valence-corrected chi connectivity index (χ2v) is 6.37. The molecule has 1 amide bonds. The van der Waals surface area contributed by atoms with Gasteiger partial charge in [0.05, 0.1) is 18.2 Å². The van der Waals surface area contributed by atoms with Gasteiger partial charge in [-0.1, -0.05) is 0 Å². The lowest BCUT2D eigenvalue weighted by atomic mass is 10.1. The Morgan fingerprint density at radius 1 is 1.45 bits per heavy atom. The van der Waals surface area contributed by atoms with Crippen LogP contribution in [0.1, 0.15) is 44.5 Å². The van der Waals surface area contributed by atoms with Crippen molar-refractivity contribution in [1.82, 2.24) is 9.88 Å². The van der Waals surface area contributed by atoms with Gasteiger partial charge < -0.3 is 15.0 Å². The van der Waals surface area contributed by atoms with Gasteiger partial charge in [-0.15, -0.1) is 0 Å². The molecule has 120 valence electrons. The molecule has 1 aliphatic heterocycles. The Balaban J connectivity index is 1.98. The maximum atomic E-state index is 12.0. The molecule has 1 aliphatic rings. The number of ether oxygens (including phenoxy) is 1. The highest BCUT2D eigenvalue weighted by molar-refractivity contribution is 5.89. The summed E-state index contributed by atoms with van der Waals surface area (Å²) < 4.78 is 4.92. The second kappa shape index (κ2) is 6.34. The number of esters is 1. The Morgan fingerprint density at radius 2 is 2.18 bits per heavy atom. The Hall–Kier alpha value is -2.11. The topological polar surface area (TPSA) is 71.5 Å². The average Bonchev–Trinajstić information content (AvgIpc) is 2.80. The van der Waals surface area contributed by atoms with Crippen LogP contribution in [-0.4, -0.2) is 46.5 Å². The molecule has 22 heavy (non-hydrogen) atoms. The molecule has 1 N–H and O–H groups in total. The average molecular weight is 305 g/mol. The predicted molar refractivity (Wildman–Crippen MR) is 83.7 cm³/mol. The van der Waals surface area contributed by atoms with Gasteiger partial charge in [0.15, 0.2) is 0 Å². The number of pyridine rings is 1. The predicted octanol–water partition coefficient (Wildman–Crippen LogP) is 2.07. The number of amides is 1. The highest BCUT2D eigenvalue weighted by Crippen LogP contribution is 2.23. The van der Waals surface area contributed by atoms with E-state index in [0.29, 0.717) is 31.0 Å². The first-order valence-corrected chi connectivity index (χ1v) is 7.51. The van der Waals surface area contributed by atoms with Gasteiger partial charge in [-0.05, 0) is 39.8 Å². The standard InChI is InChI=1S/C16H23N3O3/c1-5-22-15(21)11-6-7-13(17-9-11)18-12-8-14(20)19(10-12)16(2,3)4/h6-7,9,12H,5,8,10H2,1-4H3,(H,17,18). The van der Waals surface area contributed by atoms with Gasteiger partial charge in [-0.2, -0.15) is 0 Å². The SMILES string of the molecule is CCOC(=O)c1ccc(NC2CC(=O)N(C(C)(C)C)C2)nc1. The summed E-state index contributed by atoms with van der Waals surface area (Å²) in [7, 11) is 0. The molecule has 0 aromatic carbocycles. The van der Waals surface area contributed by atoms with Crippen molar-refractivity contribution in [3.05, 3.63) is 23.9 Å². The van der Waals surface area contributed by atoms with Gasteiger partial charge in [0.2, 0.25) is 5.91 Å².